The second kappa shape index (κ2) is 7.09. The molecule has 0 aliphatic rings. The van der Waals surface area contributed by atoms with Gasteiger partial charge in [0.05, 0.1) is 0 Å². The summed E-state index contributed by atoms with van der Waals surface area (Å²) in [5.74, 6) is 0. The fraction of sp³-hybridized carbons (Fsp3) is 0.0833. The molecule has 0 radical (unpaired) electrons. The van der Waals surface area contributed by atoms with Gasteiger partial charge >= 0.3 is 106 Å². The van der Waals surface area contributed by atoms with Crippen molar-refractivity contribution in [3.8, 4) is 18.2 Å². The Morgan fingerprint density at radius 1 is 1.12 bits per heavy atom. The molecular formula is C12H8N4Se. The molecule has 0 saturated carbocycles. The predicted octanol–water partition coefficient (Wildman–Crippen LogP) is 2.00. The van der Waals surface area contributed by atoms with Gasteiger partial charge < -0.3 is 0 Å². The van der Waals surface area contributed by atoms with Crippen molar-refractivity contribution in [3.05, 3.63) is 40.5 Å². The van der Waals surface area contributed by atoms with E-state index in [-0.39, 0.29) is 20.5 Å². The van der Waals surface area contributed by atoms with Crippen molar-refractivity contribution < 1.29 is 0 Å². The average Bonchev–Trinajstić information content (AvgIpc) is 2.38. The van der Waals surface area contributed by atoms with Gasteiger partial charge in [0.25, 0.3) is 0 Å². The second-order valence-corrected chi connectivity index (χ2v) is 4.93. The number of nitrogens with zero attached hydrogens (tertiary/aromatic N) is 3. The van der Waals surface area contributed by atoms with Crippen molar-refractivity contribution in [3.63, 3.8) is 0 Å². The quantitative estimate of drug-likeness (QED) is 0.678. The van der Waals surface area contributed by atoms with Crippen LogP contribution in [0.25, 0.3) is 0 Å². The van der Waals surface area contributed by atoms with E-state index >= 15 is 0 Å². The molecule has 1 aromatic rings. The van der Waals surface area contributed by atoms with Gasteiger partial charge in [0, 0.05) is 0 Å². The molecule has 0 bridgehead atoms. The molecule has 0 saturated heterocycles. The van der Waals surface area contributed by atoms with Crippen molar-refractivity contribution in [2.45, 2.75) is 5.32 Å². The first-order valence-electron chi connectivity index (χ1n) is 4.68. The molecule has 0 aromatic heterocycles. The van der Waals surface area contributed by atoms with Gasteiger partial charge in [0.15, 0.2) is 0 Å². The number of para-hydroxylation sites is 1. The molecule has 0 aliphatic carbocycles. The number of allylic oxidation sites excluding steroid dienone is 1. The molecule has 1 N–H and O–H groups in total. The van der Waals surface area contributed by atoms with Crippen LogP contribution in [0.5, 0.6) is 0 Å². The number of nitrogens with one attached hydrogen (secondary N) is 1. The van der Waals surface area contributed by atoms with E-state index in [0.29, 0.717) is 9.91 Å². The Hall–Kier alpha value is -2.25. The SMILES string of the molecule is N#CC[Se]C(Nc1ccccc1)=C(C#N)C#N. The van der Waals surface area contributed by atoms with E-state index in [1.807, 2.05) is 48.5 Å². The fourth-order valence-corrected chi connectivity index (χ4v) is 2.39. The maximum atomic E-state index is 8.83. The van der Waals surface area contributed by atoms with Gasteiger partial charge in [0.2, 0.25) is 0 Å². The molecule has 5 heteroatoms. The maximum absolute atomic E-state index is 8.83. The molecule has 1 aromatic carbocycles. The first kappa shape index (κ1) is 12.8. The molecule has 0 unspecified atom stereocenters. The van der Waals surface area contributed by atoms with Crippen LogP contribution in [0.1, 0.15) is 0 Å². The van der Waals surface area contributed by atoms with Gasteiger partial charge in [-0.25, -0.2) is 0 Å². The van der Waals surface area contributed by atoms with Gasteiger partial charge in [-0.3, -0.25) is 0 Å². The first-order valence-corrected chi connectivity index (χ1v) is 6.75. The molecule has 4 nitrogen and oxygen atoms in total. The van der Waals surface area contributed by atoms with Crippen molar-refractivity contribution in [2.24, 2.45) is 0 Å². The zero-order valence-corrected chi connectivity index (χ0v) is 10.6. The number of anilines is 1. The monoisotopic (exact) mass is 288 g/mol. The summed E-state index contributed by atoms with van der Waals surface area (Å²) in [6.07, 6.45) is 0. The summed E-state index contributed by atoms with van der Waals surface area (Å²) in [4.78, 5) is 0. The van der Waals surface area contributed by atoms with Crippen LogP contribution in [-0.4, -0.2) is 15.0 Å². The van der Waals surface area contributed by atoms with E-state index in [1.54, 1.807) is 0 Å². The van der Waals surface area contributed by atoms with Crippen LogP contribution in [0.3, 0.4) is 0 Å². The van der Waals surface area contributed by atoms with E-state index in [2.05, 4.69) is 5.32 Å². The second-order valence-electron chi connectivity index (χ2n) is 2.87. The van der Waals surface area contributed by atoms with Gasteiger partial charge in [-0.2, -0.15) is 0 Å². The molecule has 0 heterocycles. The van der Waals surface area contributed by atoms with Gasteiger partial charge in [-0.1, -0.05) is 0 Å². The molecular weight excluding hydrogens is 279 g/mol. The Bertz CT molecular complexity index is 512. The Morgan fingerprint density at radius 3 is 2.29 bits per heavy atom. The fourth-order valence-electron chi connectivity index (χ4n) is 1.05. The molecule has 0 spiro atoms. The van der Waals surface area contributed by atoms with E-state index in [9.17, 15) is 0 Å². The van der Waals surface area contributed by atoms with Crippen molar-refractivity contribution in [1.29, 1.82) is 15.8 Å². The molecule has 1 rings (SSSR count). The van der Waals surface area contributed by atoms with E-state index < -0.39 is 0 Å². The minimum atomic E-state index is -0.217. The van der Waals surface area contributed by atoms with Crippen molar-refractivity contribution >= 4 is 20.6 Å². The van der Waals surface area contributed by atoms with Crippen LogP contribution in [0, 0.1) is 34.0 Å². The van der Waals surface area contributed by atoms with Crippen LogP contribution in [-0.2, 0) is 0 Å². The summed E-state index contributed by atoms with van der Waals surface area (Å²) in [5, 5.41) is 29.6. The van der Waals surface area contributed by atoms with Crippen molar-refractivity contribution in [1.82, 2.24) is 0 Å². The van der Waals surface area contributed by atoms with E-state index in [4.69, 9.17) is 15.8 Å². The topological polar surface area (TPSA) is 83.4 Å². The summed E-state index contributed by atoms with van der Waals surface area (Å²) >= 11 is -0.217. The zero-order chi connectivity index (χ0) is 12.5. The number of hydrogen-bond acceptors (Lipinski definition) is 4. The number of nitriles is 3. The number of rotatable bonds is 4. The Kier molecular flexibility index (Phi) is 5.35. The Balaban J connectivity index is 2.95. The molecule has 82 valence electrons. The Morgan fingerprint density at radius 2 is 1.76 bits per heavy atom. The third-order valence-electron chi connectivity index (χ3n) is 1.76. The predicted molar refractivity (Wildman–Crippen MR) is 64.5 cm³/mol. The van der Waals surface area contributed by atoms with Crippen LogP contribution >= 0.6 is 0 Å². The average molecular weight is 287 g/mol. The third-order valence-corrected chi connectivity index (χ3v) is 3.59. The van der Waals surface area contributed by atoms with E-state index in [0.717, 1.165) is 5.69 Å². The van der Waals surface area contributed by atoms with Gasteiger partial charge in [0.1, 0.15) is 0 Å². The van der Waals surface area contributed by atoms with E-state index in [1.165, 1.54) is 0 Å². The van der Waals surface area contributed by atoms with Crippen LogP contribution < -0.4 is 5.32 Å². The number of hydrogen-bond donors (Lipinski definition) is 1. The Labute approximate surface area is 106 Å². The standard InChI is InChI=1S/C12H8N4Se/c13-6-7-17-12(10(8-14)9-15)16-11-4-2-1-3-5-11/h1-5,16H,7H2. The summed E-state index contributed by atoms with van der Waals surface area (Å²) in [5.41, 5.74) is 0.856. The van der Waals surface area contributed by atoms with Gasteiger partial charge in [-0.05, 0) is 0 Å². The third kappa shape index (κ3) is 4.01. The van der Waals surface area contributed by atoms with Crippen LogP contribution in [0.2, 0.25) is 5.32 Å². The molecule has 0 fully saturated rings. The first-order chi connectivity index (χ1) is 8.31. The minimum absolute atomic E-state index is 0.0455. The summed E-state index contributed by atoms with van der Waals surface area (Å²) in [7, 11) is 0. The number of benzene rings is 1. The van der Waals surface area contributed by atoms with Gasteiger partial charge in [-0.15, -0.1) is 0 Å². The van der Waals surface area contributed by atoms with Crippen LogP contribution in [0.15, 0.2) is 40.5 Å². The van der Waals surface area contributed by atoms with Crippen molar-refractivity contribution in [2.75, 3.05) is 5.32 Å². The molecule has 0 atom stereocenters. The molecule has 0 amide bonds. The summed E-state index contributed by atoms with van der Waals surface area (Å²) in [6, 6.07) is 15.0. The normalized spacial score (nSPS) is 8.29. The molecule has 0 aliphatic heterocycles. The zero-order valence-electron chi connectivity index (χ0n) is 8.84. The van der Waals surface area contributed by atoms with Crippen LogP contribution in [0.4, 0.5) is 5.69 Å². The summed E-state index contributed by atoms with van der Waals surface area (Å²) in [6.45, 7) is 0. The molecule has 17 heavy (non-hydrogen) atoms. The summed E-state index contributed by atoms with van der Waals surface area (Å²) < 4.78 is 0.551.